The highest BCUT2D eigenvalue weighted by Crippen LogP contribution is 2.30. The van der Waals surface area contributed by atoms with E-state index in [2.05, 4.69) is 0 Å². The van der Waals surface area contributed by atoms with E-state index in [1.807, 2.05) is 0 Å². The molecule has 0 saturated carbocycles. The monoisotopic (exact) mass is 384 g/mol. The Hall–Kier alpha value is -3.21. The van der Waals surface area contributed by atoms with Crippen molar-refractivity contribution in [1.82, 2.24) is 0 Å². The molecule has 0 amide bonds. The van der Waals surface area contributed by atoms with Crippen LogP contribution in [-0.4, -0.2) is 13.7 Å². The summed E-state index contributed by atoms with van der Waals surface area (Å²) in [5.74, 6) is -2.00. The highest BCUT2D eigenvalue weighted by molar-refractivity contribution is 5.73. The first-order chi connectivity index (χ1) is 13.5. The van der Waals surface area contributed by atoms with Crippen LogP contribution in [0.1, 0.15) is 18.1 Å². The van der Waals surface area contributed by atoms with Gasteiger partial charge in [0.2, 0.25) is 5.82 Å². The van der Waals surface area contributed by atoms with Crippen LogP contribution in [0.3, 0.4) is 0 Å². The molecular weight excluding hydrogens is 365 g/mol. The summed E-state index contributed by atoms with van der Waals surface area (Å²) in [4.78, 5) is 0. The van der Waals surface area contributed by atoms with E-state index in [1.165, 1.54) is 25.3 Å². The fraction of sp³-hybridized carbons (Fsp3) is 0.130. The molecule has 0 N–H and O–H groups in total. The predicted octanol–water partition coefficient (Wildman–Crippen LogP) is 6.35. The van der Waals surface area contributed by atoms with Gasteiger partial charge in [-0.2, -0.15) is 4.39 Å². The summed E-state index contributed by atoms with van der Waals surface area (Å²) < 4.78 is 52.4. The molecule has 2 nitrogen and oxygen atoms in total. The molecule has 0 radical (unpaired) electrons. The summed E-state index contributed by atoms with van der Waals surface area (Å²) in [7, 11) is 1.48. The van der Waals surface area contributed by atoms with Gasteiger partial charge in [-0.05, 0) is 42.3 Å². The van der Waals surface area contributed by atoms with Crippen LogP contribution in [0.15, 0.2) is 54.6 Å². The smallest absolute Gasteiger partial charge is 0.201 e. The summed E-state index contributed by atoms with van der Waals surface area (Å²) in [5, 5.41) is 0. The van der Waals surface area contributed by atoms with Gasteiger partial charge in [0.05, 0.1) is 13.7 Å². The second kappa shape index (κ2) is 8.65. The first-order valence-corrected chi connectivity index (χ1v) is 8.76. The molecule has 5 heteroatoms. The largest absolute Gasteiger partial charge is 0.497 e. The highest BCUT2D eigenvalue weighted by Gasteiger charge is 2.15. The fourth-order valence-electron chi connectivity index (χ4n) is 2.75. The van der Waals surface area contributed by atoms with Gasteiger partial charge in [0, 0.05) is 17.2 Å². The first kappa shape index (κ1) is 19.5. The minimum Gasteiger partial charge on any atom is -0.497 e. The number of halogens is 3. The molecule has 0 unspecified atom stereocenters. The van der Waals surface area contributed by atoms with Crippen LogP contribution in [0.2, 0.25) is 0 Å². The SMILES string of the molecule is CCOc1ccc(-c2ccc(/C=C/c3ccc(OC)cc3F)cc2)c(F)c1F. The maximum atomic E-state index is 14.3. The lowest BCUT2D eigenvalue weighted by Crippen LogP contribution is -1.98. The van der Waals surface area contributed by atoms with E-state index in [0.29, 0.717) is 16.9 Å². The molecule has 3 rings (SSSR count). The Kier molecular flexibility index (Phi) is 6.04. The number of benzene rings is 3. The van der Waals surface area contributed by atoms with Crippen LogP contribution in [0.5, 0.6) is 11.5 Å². The van der Waals surface area contributed by atoms with E-state index in [4.69, 9.17) is 9.47 Å². The zero-order valence-electron chi connectivity index (χ0n) is 15.5. The van der Waals surface area contributed by atoms with Gasteiger partial charge in [0.25, 0.3) is 0 Å². The third-order valence-electron chi connectivity index (χ3n) is 4.23. The molecule has 28 heavy (non-hydrogen) atoms. The second-order valence-corrected chi connectivity index (χ2v) is 6.02. The maximum Gasteiger partial charge on any atom is 0.201 e. The van der Waals surface area contributed by atoms with Gasteiger partial charge in [-0.25, -0.2) is 8.78 Å². The summed E-state index contributed by atoms with van der Waals surface area (Å²) in [5.41, 5.74) is 1.90. The third kappa shape index (κ3) is 4.19. The van der Waals surface area contributed by atoms with E-state index >= 15 is 0 Å². The molecular formula is C23H19F3O2. The molecule has 0 aliphatic heterocycles. The van der Waals surface area contributed by atoms with Crippen LogP contribution in [0.4, 0.5) is 13.2 Å². The van der Waals surface area contributed by atoms with Crippen molar-refractivity contribution in [1.29, 1.82) is 0 Å². The van der Waals surface area contributed by atoms with Gasteiger partial charge in [-0.15, -0.1) is 0 Å². The lowest BCUT2D eigenvalue weighted by molar-refractivity contribution is 0.314. The molecule has 3 aromatic carbocycles. The van der Waals surface area contributed by atoms with E-state index in [-0.39, 0.29) is 23.7 Å². The second-order valence-electron chi connectivity index (χ2n) is 6.02. The number of ether oxygens (including phenoxy) is 2. The normalized spacial score (nSPS) is 11.0. The van der Waals surface area contributed by atoms with E-state index in [0.717, 1.165) is 5.56 Å². The quantitative estimate of drug-likeness (QED) is 0.461. The zero-order chi connectivity index (χ0) is 20.1. The topological polar surface area (TPSA) is 18.5 Å². The molecule has 0 saturated heterocycles. The van der Waals surface area contributed by atoms with Crippen molar-refractivity contribution in [3.05, 3.63) is 83.2 Å². The Balaban J connectivity index is 1.81. The van der Waals surface area contributed by atoms with Crippen LogP contribution in [0, 0.1) is 17.5 Å². The van der Waals surface area contributed by atoms with Crippen molar-refractivity contribution in [2.45, 2.75) is 6.92 Å². The van der Waals surface area contributed by atoms with Crippen LogP contribution < -0.4 is 9.47 Å². The Morgan fingerprint density at radius 1 is 0.857 bits per heavy atom. The van der Waals surface area contributed by atoms with Crippen molar-refractivity contribution in [2.75, 3.05) is 13.7 Å². The summed E-state index contributed by atoms with van der Waals surface area (Å²) >= 11 is 0. The molecule has 0 fully saturated rings. The predicted molar refractivity (Wildman–Crippen MR) is 105 cm³/mol. The van der Waals surface area contributed by atoms with Crippen molar-refractivity contribution < 1.29 is 22.6 Å². The minimum absolute atomic E-state index is 0.107. The molecule has 0 aliphatic rings. The number of methoxy groups -OCH3 is 1. The average molecular weight is 384 g/mol. The molecule has 144 valence electrons. The van der Waals surface area contributed by atoms with Crippen LogP contribution in [-0.2, 0) is 0 Å². The number of hydrogen-bond acceptors (Lipinski definition) is 2. The Morgan fingerprint density at radius 2 is 1.61 bits per heavy atom. The Morgan fingerprint density at radius 3 is 2.25 bits per heavy atom. The van der Waals surface area contributed by atoms with Crippen molar-refractivity contribution >= 4 is 12.2 Å². The van der Waals surface area contributed by atoms with E-state index < -0.39 is 11.6 Å². The molecule has 0 heterocycles. The molecule has 0 aromatic heterocycles. The number of rotatable bonds is 6. The van der Waals surface area contributed by atoms with Crippen molar-refractivity contribution in [3.63, 3.8) is 0 Å². The number of hydrogen-bond donors (Lipinski definition) is 0. The minimum atomic E-state index is -1.00. The summed E-state index contributed by atoms with van der Waals surface area (Å²) in [6, 6.07) is 14.4. The van der Waals surface area contributed by atoms with Gasteiger partial charge in [0.15, 0.2) is 11.6 Å². The van der Waals surface area contributed by atoms with E-state index in [1.54, 1.807) is 55.5 Å². The third-order valence-corrected chi connectivity index (χ3v) is 4.23. The van der Waals surface area contributed by atoms with Gasteiger partial charge in [0.1, 0.15) is 11.6 Å². The molecule has 3 aromatic rings. The molecule has 0 aliphatic carbocycles. The summed E-state index contributed by atoms with van der Waals surface area (Å²) in [6.45, 7) is 1.96. The fourth-order valence-corrected chi connectivity index (χ4v) is 2.75. The van der Waals surface area contributed by atoms with Crippen LogP contribution in [0.25, 0.3) is 23.3 Å². The van der Waals surface area contributed by atoms with E-state index in [9.17, 15) is 13.2 Å². The molecule has 0 spiro atoms. The lowest BCUT2D eigenvalue weighted by atomic mass is 10.0. The summed E-state index contributed by atoms with van der Waals surface area (Å²) in [6.07, 6.45) is 3.38. The molecule has 0 bridgehead atoms. The van der Waals surface area contributed by atoms with Gasteiger partial charge in [-0.1, -0.05) is 36.4 Å². The van der Waals surface area contributed by atoms with Crippen molar-refractivity contribution in [2.24, 2.45) is 0 Å². The Labute approximate surface area is 161 Å². The van der Waals surface area contributed by atoms with Gasteiger partial charge >= 0.3 is 0 Å². The van der Waals surface area contributed by atoms with Crippen molar-refractivity contribution in [3.8, 4) is 22.6 Å². The highest BCUT2D eigenvalue weighted by atomic mass is 19.2. The standard InChI is InChI=1S/C23H19F3O2/c1-3-28-21-13-12-19(22(25)23(21)26)16-7-4-15(5-8-16)6-9-17-10-11-18(27-2)14-20(17)24/h4-14H,3H2,1-2H3/b9-6+. The zero-order valence-corrected chi connectivity index (χ0v) is 15.5. The first-order valence-electron chi connectivity index (χ1n) is 8.76. The average Bonchev–Trinajstić information content (AvgIpc) is 2.71. The Bertz CT molecular complexity index is 995. The molecule has 0 atom stereocenters. The van der Waals surface area contributed by atoms with Gasteiger partial charge < -0.3 is 9.47 Å². The maximum absolute atomic E-state index is 14.3. The lowest BCUT2D eigenvalue weighted by Gasteiger charge is -2.09. The van der Waals surface area contributed by atoms with Crippen LogP contribution >= 0.6 is 0 Å². The van der Waals surface area contributed by atoms with Gasteiger partial charge in [-0.3, -0.25) is 0 Å².